The molecule has 0 amide bonds. The van der Waals surface area contributed by atoms with E-state index in [1.54, 1.807) is 0 Å². The number of aliphatic hydroxyl groups excluding tert-OH is 5. The normalized spacial score (nSPS) is 46.7. The van der Waals surface area contributed by atoms with E-state index in [0.29, 0.717) is 31.3 Å². The molecular formula is C34H55NaO13S. The van der Waals surface area contributed by atoms with Gasteiger partial charge in [0.1, 0.15) is 24.4 Å². The van der Waals surface area contributed by atoms with Gasteiger partial charge in [-0.15, -0.1) is 0 Å². The molecule has 4 fully saturated rings. The first-order valence-corrected chi connectivity index (χ1v) is 18.6. The van der Waals surface area contributed by atoms with Gasteiger partial charge >= 0.3 is 29.6 Å². The van der Waals surface area contributed by atoms with Gasteiger partial charge in [0.15, 0.2) is 6.29 Å². The Hall–Kier alpha value is -0.0100. The molecule has 6 N–H and O–H groups in total. The summed E-state index contributed by atoms with van der Waals surface area (Å²) >= 11 is 0. The number of fused-ring (bicyclic) bond motifs is 5. The van der Waals surface area contributed by atoms with Crippen molar-refractivity contribution in [2.24, 2.45) is 46.3 Å². The van der Waals surface area contributed by atoms with Crippen molar-refractivity contribution in [1.29, 1.82) is 0 Å². The molecule has 0 radical (unpaired) electrons. The predicted octanol–water partition coefficient (Wildman–Crippen LogP) is -1.98. The van der Waals surface area contributed by atoms with E-state index in [-0.39, 0.29) is 66.9 Å². The molecule has 1 heterocycles. The van der Waals surface area contributed by atoms with Crippen LogP contribution in [0.3, 0.4) is 0 Å². The van der Waals surface area contributed by atoms with Crippen LogP contribution in [-0.2, 0) is 28.8 Å². The zero-order valence-electron chi connectivity index (χ0n) is 29.7. The fourth-order valence-corrected chi connectivity index (χ4v) is 11.0. The van der Waals surface area contributed by atoms with E-state index in [2.05, 4.69) is 0 Å². The van der Waals surface area contributed by atoms with Crippen LogP contribution in [0.5, 0.6) is 0 Å². The third kappa shape index (κ3) is 7.54. The second kappa shape index (κ2) is 15.4. The third-order valence-electron chi connectivity index (χ3n) is 12.8. The van der Waals surface area contributed by atoms with Gasteiger partial charge in [0.05, 0.1) is 30.5 Å². The van der Waals surface area contributed by atoms with Gasteiger partial charge < -0.3 is 49.4 Å². The number of hydrogen-bond donors (Lipinski definition) is 6. The summed E-state index contributed by atoms with van der Waals surface area (Å²) in [5.41, 5.74) is -2.63. The zero-order chi connectivity index (χ0) is 35.6. The van der Waals surface area contributed by atoms with Crippen LogP contribution in [0.2, 0.25) is 0 Å². The molecule has 1 saturated heterocycles. The summed E-state index contributed by atoms with van der Waals surface area (Å²) in [6.07, 6.45) is -1.36. The second-order valence-corrected chi connectivity index (χ2v) is 16.8. The molecule has 0 aromatic carbocycles. The van der Waals surface area contributed by atoms with E-state index in [0.717, 1.165) is 0 Å². The predicted molar refractivity (Wildman–Crippen MR) is 171 cm³/mol. The topological polar surface area (TPSA) is 215 Å². The van der Waals surface area contributed by atoms with E-state index in [1.165, 1.54) is 7.11 Å². The molecule has 49 heavy (non-hydrogen) atoms. The van der Waals surface area contributed by atoms with Crippen molar-refractivity contribution in [3.05, 3.63) is 23.8 Å². The second-order valence-electron chi connectivity index (χ2n) is 15.8. The minimum Gasteiger partial charge on any atom is -0.726 e. The molecule has 0 spiro atoms. The zero-order valence-corrected chi connectivity index (χ0v) is 32.5. The molecule has 276 valence electrons. The number of allylic oxidation sites excluding steroid dienone is 1. The van der Waals surface area contributed by atoms with Gasteiger partial charge in [-0.25, -0.2) is 8.42 Å². The van der Waals surface area contributed by atoms with Crippen molar-refractivity contribution in [3.63, 3.8) is 0 Å². The quantitative estimate of drug-likeness (QED) is 0.0624. The van der Waals surface area contributed by atoms with Crippen LogP contribution in [0.15, 0.2) is 23.8 Å². The summed E-state index contributed by atoms with van der Waals surface area (Å²) < 4.78 is 58.6. The van der Waals surface area contributed by atoms with Crippen molar-refractivity contribution in [2.75, 3.05) is 20.3 Å². The van der Waals surface area contributed by atoms with Gasteiger partial charge in [-0.3, -0.25) is 4.18 Å². The molecule has 6 unspecified atom stereocenters. The van der Waals surface area contributed by atoms with E-state index < -0.39 is 93.6 Å². The van der Waals surface area contributed by atoms with Gasteiger partial charge in [0.25, 0.3) is 0 Å². The van der Waals surface area contributed by atoms with Crippen LogP contribution in [0.25, 0.3) is 0 Å². The van der Waals surface area contributed by atoms with Gasteiger partial charge in [0.2, 0.25) is 10.4 Å². The Balaban J connectivity index is 0.00000541. The Morgan fingerprint density at radius 3 is 2.33 bits per heavy atom. The molecule has 0 bridgehead atoms. The maximum Gasteiger partial charge on any atom is 1.00 e. The smallest absolute Gasteiger partial charge is 0.726 e. The average Bonchev–Trinajstić information content (AvgIpc) is 3.20. The molecule has 5 aliphatic rings. The maximum atomic E-state index is 12.8. The molecule has 4 aliphatic carbocycles. The van der Waals surface area contributed by atoms with E-state index in [9.17, 15) is 43.6 Å². The van der Waals surface area contributed by atoms with Crippen LogP contribution < -0.4 is 29.6 Å². The maximum absolute atomic E-state index is 12.8. The molecule has 5 rings (SSSR count). The molecule has 13 nitrogen and oxygen atoms in total. The Labute approximate surface area is 312 Å². The molecule has 3 saturated carbocycles. The first-order chi connectivity index (χ1) is 22.3. The van der Waals surface area contributed by atoms with Crippen LogP contribution in [0, 0.1) is 46.3 Å². The summed E-state index contributed by atoms with van der Waals surface area (Å²) in [6, 6.07) is 0. The average molecular weight is 727 g/mol. The number of ether oxygens (including phenoxy) is 3. The number of rotatable bonds is 10. The largest absolute Gasteiger partial charge is 1.00 e. The monoisotopic (exact) mass is 726 g/mol. The van der Waals surface area contributed by atoms with Crippen molar-refractivity contribution in [1.82, 2.24) is 0 Å². The summed E-state index contributed by atoms with van der Waals surface area (Å²) in [5.74, 6) is -2.33. The molecular weight excluding hydrogens is 671 g/mol. The van der Waals surface area contributed by atoms with Gasteiger partial charge in [0, 0.05) is 32.0 Å². The number of hydrogen-bond acceptors (Lipinski definition) is 13. The minimum atomic E-state index is -5.28. The van der Waals surface area contributed by atoms with E-state index >= 15 is 0 Å². The Bertz CT molecular complexity index is 1330. The van der Waals surface area contributed by atoms with Gasteiger partial charge in [-0.05, 0) is 65.8 Å². The molecule has 15 heteroatoms. The Morgan fingerprint density at radius 1 is 1.06 bits per heavy atom. The summed E-state index contributed by atoms with van der Waals surface area (Å²) in [5, 5.41) is 66.6. The first kappa shape index (κ1) is 41.7. The van der Waals surface area contributed by atoms with Crippen molar-refractivity contribution >= 4 is 10.4 Å². The van der Waals surface area contributed by atoms with Crippen molar-refractivity contribution in [3.8, 4) is 0 Å². The van der Waals surface area contributed by atoms with Crippen LogP contribution in [0.1, 0.15) is 66.7 Å². The van der Waals surface area contributed by atoms with Crippen molar-refractivity contribution in [2.45, 2.75) is 121 Å². The van der Waals surface area contributed by atoms with Crippen LogP contribution in [-0.4, -0.2) is 119 Å². The SMILES string of the molecule is COC1C(O[C@@H]2C=C3[C@H](O)C[C@]4(O)C(CC[C@@]5(C)C4[C@@H](OS(=O)(=O)[O-])[C@H](O)[C@@H]5[C@H](C)/C=C/[C@H](CO)C(C)C)[C@@]3(C)CC2)OCC(O)C1O.[Na+]. The molecule has 16 atom stereocenters. The number of methoxy groups -OCH3 is 1. The minimum absolute atomic E-state index is 0. The number of aliphatic hydroxyl groups is 6. The molecule has 1 aliphatic heterocycles. The van der Waals surface area contributed by atoms with E-state index in [1.807, 2.05) is 52.8 Å². The van der Waals surface area contributed by atoms with E-state index in [4.69, 9.17) is 18.4 Å². The summed E-state index contributed by atoms with van der Waals surface area (Å²) in [4.78, 5) is 0. The molecule has 0 aromatic heterocycles. The Kier molecular flexibility index (Phi) is 13.1. The third-order valence-corrected chi connectivity index (χ3v) is 13.2. The fourth-order valence-electron chi connectivity index (χ4n) is 10.5. The molecule has 0 aromatic rings. The van der Waals surface area contributed by atoms with Crippen LogP contribution in [0.4, 0.5) is 0 Å². The summed E-state index contributed by atoms with van der Waals surface area (Å²) in [6.45, 7) is 9.57. The standard InChI is InChI=1S/C34H56O13S.Na/c1-17(2)19(15-35)8-7-18(3)25-27(39)28(47-48(41,42)43)30-33(25,5)12-10-24-32(4)11-9-20(13-21(32)22(36)14-34(24,30)40)46-31-29(44-6)26(38)23(37)16-45-31;/h7-8,13,17-20,22-31,35-40H,9-12,14-16H2,1-6H3,(H,41,42,43);/q;+1/p-1/b8-7+;/t18-,19-,20+,22-,23?,24?,25+,26?,27-,28+,29?,30?,31?,32+,33-,34+;/m1./s1. The summed E-state index contributed by atoms with van der Waals surface area (Å²) in [7, 11) is -3.89. The fraction of sp³-hybridized carbons (Fsp3) is 0.882. The van der Waals surface area contributed by atoms with Crippen molar-refractivity contribution < 1.29 is 91.6 Å². The first-order valence-electron chi connectivity index (χ1n) is 17.2. The van der Waals surface area contributed by atoms with Crippen LogP contribution >= 0.6 is 0 Å². The Morgan fingerprint density at radius 2 is 1.73 bits per heavy atom. The van der Waals surface area contributed by atoms with Gasteiger partial charge in [-0.1, -0.05) is 52.8 Å². The van der Waals surface area contributed by atoms with Gasteiger partial charge in [-0.2, -0.15) is 0 Å².